The fraction of sp³-hybridized carbons (Fsp3) is 0.920. The van der Waals surface area contributed by atoms with Crippen molar-refractivity contribution in [2.45, 2.75) is 251 Å². The number of ether oxygens (including phenoxy) is 2. The van der Waals surface area contributed by atoms with Gasteiger partial charge in [-0.25, -0.2) is 4.57 Å². The lowest BCUT2D eigenvalue weighted by molar-refractivity contribution is -0.870. The second-order valence-corrected chi connectivity index (χ2v) is 20.0. The van der Waals surface area contributed by atoms with Crippen molar-refractivity contribution in [1.82, 2.24) is 0 Å². The number of allylic oxidation sites excluding steroid dienone is 2. The standard InChI is InChI=1S/C50H98NO8P/c1-6-8-10-12-14-16-18-20-21-22-23-24-25-26-27-28-29-31-32-34-36-38-40-42-49(52)56-46-48(47-58-60(54,55)57-45-44-51(3,4)5)59-50(53)43-41-39-37-35-33-30-19-17-15-13-11-9-7-2/h17,19,48H,6-16,18,20-47H2,1-5H3/p+1/b19-17+/t48-/m0/s1. The van der Waals surface area contributed by atoms with E-state index in [0.717, 1.165) is 51.4 Å². The summed E-state index contributed by atoms with van der Waals surface area (Å²) >= 11 is 0. The monoisotopic (exact) mass is 873 g/mol. The van der Waals surface area contributed by atoms with Crippen molar-refractivity contribution in [3.8, 4) is 0 Å². The van der Waals surface area contributed by atoms with Crippen LogP contribution in [0.2, 0.25) is 0 Å². The predicted molar refractivity (Wildman–Crippen MR) is 252 cm³/mol. The van der Waals surface area contributed by atoms with Crippen LogP contribution in [-0.2, 0) is 32.7 Å². The van der Waals surface area contributed by atoms with Crippen molar-refractivity contribution in [3.63, 3.8) is 0 Å². The molecule has 0 rings (SSSR count). The van der Waals surface area contributed by atoms with Gasteiger partial charge in [0.15, 0.2) is 6.10 Å². The van der Waals surface area contributed by atoms with E-state index in [1.807, 2.05) is 21.1 Å². The number of quaternary nitrogens is 1. The number of likely N-dealkylation sites (N-methyl/N-ethyl adjacent to an activating group) is 1. The molecule has 356 valence electrons. The topological polar surface area (TPSA) is 108 Å². The Morgan fingerprint density at radius 3 is 1.25 bits per heavy atom. The normalized spacial score (nSPS) is 13.5. The van der Waals surface area contributed by atoms with Gasteiger partial charge >= 0.3 is 19.8 Å². The van der Waals surface area contributed by atoms with Crippen molar-refractivity contribution < 1.29 is 42.1 Å². The molecular formula is C50H99NO8P+. The number of nitrogens with zero attached hydrogens (tertiary/aromatic N) is 1. The van der Waals surface area contributed by atoms with Gasteiger partial charge in [0.25, 0.3) is 0 Å². The van der Waals surface area contributed by atoms with Crippen molar-refractivity contribution in [1.29, 1.82) is 0 Å². The minimum atomic E-state index is -4.37. The second-order valence-electron chi connectivity index (χ2n) is 18.6. The second kappa shape index (κ2) is 43.0. The van der Waals surface area contributed by atoms with E-state index in [2.05, 4.69) is 26.0 Å². The first-order valence-electron chi connectivity index (χ1n) is 25.4. The first kappa shape index (κ1) is 58.8. The molecule has 0 aliphatic heterocycles. The predicted octanol–water partition coefficient (Wildman–Crippen LogP) is 14.9. The summed E-state index contributed by atoms with van der Waals surface area (Å²) in [6.45, 7) is 4.44. The summed E-state index contributed by atoms with van der Waals surface area (Å²) in [7, 11) is 1.48. The van der Waals surface area contributed by atoms with Crippen LogP contribution in [-0.4, -0.2) is 74.9 Å². The number of hydrogen-bond donors (Lipinski definition) is 1. The number of phosphoric ester groups is 1. The highest BCUT2D eigenvalue weighted by Gasteiger charge is 2.27. The molecule has 0 aromatic carbocycles. The molecule has 0 fully saturated rings. The van der Waals surface area contributed by atoms with Gasteiger partial charge in [-0.1, -0.05) is 206 Å². The van der Waals surface area contributed by atoms with Crippen LogP contribution in [0, 0.1) is 0 Å². The zero-order valence-corrected chi connectivity index (χ0v) is 41.1. The Kier molecular flexibility index (Phi) is 42.1. The van der Waals surface area contributed by atoms with Crippen LogP contribution < -0.4 is 0 Å². The van der Waals surface area contributed by atoms with E-state index in [0.29, 0.717) is 23.9 Å². The largest absolute Gasteiger partial charge is 0.472 e. The molecule has 0 aliphatic rings. The summed E-state index contributed by atoms with van der Waals surface area (Å²) in [5.41, 5.74) is 0. The van der Waals surface area contributed by atoms with Gasteiger partial charge in [0, 0.05) is 12.8 Å². The Balaban J connectivity index is 4.14. The summed E-state index contributed by atoms with van der Waals surface area (Å²) in [6, 6.07) is 0. The maximum atomic E-state index is 12.7. The molecule has 0 heterocycles. The van der Waals surface area contributed by atoms with E-state index < -0.39 is 26.5 Å². The SMILES string of the molecule is CCCCCC/C=C/CCCCCCCC(=O)O[C@@H](COC(=O)CCCCCCCCCCCCCCCCCCCCCCCCC)COP(=O)(O)OCC[N+](C)(C)C. The van der Waals surface area contributed by atoms with Gasteiger partial charge in [0.1, 0.15) is 19.8 Å². The van der Waals surface area contributed by atoms with Gasteiger partial charge in [-0.2, -0.15) is 0 Å². The van der Waals surface area contributed by atoms with Gasteiger partial charge < -0.3 is 18.9 Å². The van der Waals surface area contributed by atoms with Crippen LogP contribution in [0.1, 0.15) is 245 Å². The van der Waals surface area contributed by atoms with Gasteiger partial charge in [-0.3, -0.25) is 18.6 Å². The lowest BCUT2D eigenvalue weighted by atomic mass is 10.0. The molecule has 1 unspecified atom stereocenters. The molecule has 0 saturated carbocycles. The van der Waals surface area contributed by atoms with Gasteiger partial charge in [0.05, 0.1) is 27.7 Å². The first-order valence-corrected chi connectivity index (χ1v) is 26.9. The maximum Gasteiger partial charge on any atom is 0.472 e. The quantitative estimate of drug-likeness (QED) is 0.0212. The average Bonchev–Trinajstić information content (AvgIpc) is 3.20. The summed E-state index contributed by atoms with van der Waals surface area (Å²) in [5.74, 6) is -0.795. The Labute approximate surface area is 371 Å². The molecule has 10 heteroatoms. The maximum absolute atomic E-state index is 12.7. The van der Waals surface area contributed by atoms with Crippen LogP contribution in [0.3, 0.4) is 0 Å². The Morgan fingerprint density at radius 1 is 0.500 bits per heavy atom. The fourth-order valence-electron chi connectivity index (χ4n) is 7.31. The van der Waals surface area contributed by atoms with Crippen molar-refractivity contribution >= 4 is 19.8 Å². The van der Waals surface area contributed by atoms with E-state index in [-0.39, 0.29) is 25.6 Å². The molecule has 0 amide bonds. The van der Waals surface area contributed by atoms with Crippen LogP contribution >= 0.6 is 7.82 Å². The number of esters is 2. The van der Waals surface area contributed by atoms with Gasteiger partial charge in [-0.15, -0.1) is 0 Å². The summed E-state index contributed by atoms with van der Waals surface area (Å²) in [6.07, 6.45) is 47.0. The third-order valence-electron chi connectivity index (χ3n) is 11.3. The van der Waals surface area contributed by atoms with E-state index >= 15 is 0 Å². The molecule has 0 saturated heterocycles. The number of hydrogen-bond acceptors (Lipinski definition) is 7. The minimum absolute atomic E-state index is 0.0333. The van der Waals surface area contributed by atoms with E-state index in [1.165, 1.54) is 161 Å². The highest BCUT2D eigenvalue weighted by molar-refractivity contribution is 7.47. The van der Waals surface area contributed by atoms with Gasteiger partial charge in [0.2, 0.25) is 0 Å². The highest BCUT2D eigenvalue weighted by Crippen LogP contribution is 2.43. The Morgan fingerprint density at radius 2 is 0.850 bits per heavy atom. The number of carbonyl (C=O) groups is 2. The van der Waals surface area contributed by atoms with Crippen molar-refractivity contribution in [2.24, 2.45) is 0 Å². The lowest BCUT2D eigenvalue weighted by Crippen LogP contribution is -2.37. The van der Waals surface area contributed by atoms with Crippen molar-refractivity contribution in [2.75, 3.05) is 47.5 Å². The number of rotatable bonds is 47. The lowest BCUT2D eigenvalue weighted by Gasteiger charge is -2.24. The number of unbranched alkanes of at least 4 members (excludes halogenated alkanes) is 31. The molecule has 2 atom stereocenters. The molecule has 60 heavy (non-hydrogen) atoms. The van der Waals surface area contributed by atoms with Crippen LogP contribution in [0.4, 0.5) is 0 Å². The smallest absolute Gasteiger partial charge is 0.462 e. The Hall–Kier alpha value is -1.25. The summed E-state index contributed by atoms with van der Waals surface area (Å²) in [5, 5.41) is 0. The highest BCUT2D eigenvalue weighted by atomic mass is 31.2. The van der Waals surface area contributed by atoms with Crippen molar-refractivity contribution in [3.05, 3.63) is 12.2 Å². The molecule has 9 nitrogen and oxygen atoms in total. The third kappa shape index (κ3) is 46.3. The number of phosphoric acid groups is 1. The Bertz CT molecular complexity index is 1030. The van der Waals surface area contributed by atoms with E-state index in [4.69, 9.17) is 18.5 Å². The van der Waals surface area contributed by atoms with Crippen LogP contribution in [0.15, 0.2) is 12.2 Å². The van der Waals surface area contributed by atoms with Crippen LogP contribution in [0.25, 0.3) is 0 Å². The molecule has 0 radical (unpaired) electrons. The molecular weight excluding hydrogens is 774 g/mol. The number of carbonyl (C=O) groups excluding carboxylic acids is 2. The molecule has 0 aromatic heterocycles. The fourth-order valence-corrected chi connectivity index (χ4v) is 8.05. The molecule has 0 bridgehead atoms. The van der Waals surface area contributed by atoms with Gasteiger partial charge in [-0.05, 0) is 38.5 Å². The van der Waals surface area contributed by atoms with E-state index in [9.17, 15) is 19.0 Å². The average molecular weight is 873 g/mol. The first-order chi connectivity index (χ1) is 29.0. The molecule has 0 aromatic rings. The molecule has 0 aliphatic carbocycles. The summed E-state index contributed by atoms with van der Waals surface area (Å²) in [4.78, 5) is 35.5. The minimum Gasteiger partial charge on any atom is -0.462 e. The summed E-state index contributed by atoms with van der Waals surface area (Å²) < 4.78 is 34.4. The zero-order chi connectivity index (χ0) is 44.3. The zero-order valence-electron chi connectivity index (χ0n) is 40.2. The molecule has 1 N–H and O–H groups in total. The molecule has 0 spiro atoms. The van der Waals surface area contributed by atoms with E-state index in [1.54, 1.807) is 0 Å². The third-order valence-corrected chi connectivity index (χ3v) is 12.3. The van der Waals surface area contributed by atoms with Crippen LogP contribution in [0.5, 0.6) is 0 Å².